The van der Waals surface area contributed by atoms with Gasteiger partial charge in [-0.15, -0.1) is 11.3 Å². The fourth-order valence-corrected chi connectivity index (χ4v) is 5.63. The Labute approximate surface area is 155 Å². The molecule has 134 valence electrons. The van der Waals surface area contributed by atoms with Crippen molar-refractivity contribution in [2.75, 3.05) is 5.75 Å². The van der Waals surface area contributed by atoms with E-state index in [1.165, 1.54) is 15.6 Å². The fraction of sp³-hybridized carbons (Fsp3) is 0.312. The van der Waals surface area contributed by atoms with Gasteiger partial charge in [0, 0.05) is 11.4 Å². The molecule has 0 saturated carbocycles. The Balaban J connectivity index is 1.82. The summed E-state index contributed by atoms with van der Waals surface area (Å²) in [5.41, 5.74) is 3.33. The molecule has 0 aliphatic carbocycles. The molecule has 1 aromatic carbocycles. The number of halogens is 1. The first-order valence-electron chi connectivity index (χ1n) is 7.69. The van der Waals surface area contributed by atoms with Gasteiger partial charge in [0.25, 0.3) is 5.91 Å². The predicted octanol–water partition coefficient (Wildman–Crippen LogP) is 2.87. The minimum Gasteiger partial charge on any atom is -0.289 e. The van der Waals surface area contributed by atoms with Crippen LogP contribution in [0.1, 0.15) is 18.4 Å². The van der Waals surface area contributed by atoms with Gasteiger partial charge in [0.05, 0.1) is 10.1 Å². The van der Waals surface area contributed by atoms with Crippen molar-refractivity contribution in [2.24, 2.45) is 0 Å². The van der Waals surface area contributed by atoms with E-state index in [-0.39, 0.29) is 12.3 Å². The number of amides is 1. The average molecular weight is 401 g/mol. The first-order valence-corrected chi connectivity index (χ1v) is 10.5. The van der Waals surface area contributed by atoms with Crippen molar-refractivity contribution in [3.05, 3.63) is 46.3 Å². The topological polar surface area (TPSA) is 86.7 Å². The van der Waals surface area contributed by atoms with E-state index in [2.05, 4.69) is 0 Å². The van der Waals surface area contributed by atoms with Crippen LogP contribution in [0, 0.1) is 0 Å². The van der Waals surface area contributed by atoms with Crippen LogP contribution < -0.4 is 5.48 Å². The van der Waals surface area contributed by atoms with Crippen molar-refractivity contribution < 1.29 is 18.4 Å². The summed E-state index contributed by atoms with van der Waals surface area (Å²) in [6, 6.07) is 10.3. The van der Waals surface area contributed by atoms with Crippen LogP contribution in [0.2, 0.25) is 4.34 Å². The number of carbonyl (C=O) groups excluding carboxylic acids is 1. The number of nitrogens with one attached hydrogen (secondary N) is 1. The average Bonchev–Trinajstić information content (AvgIpc) is 3.03. The molecule has 0 spiro atoms. The molecule has 25 heavy (non-hydrogen) atoms. The van der Waals surface area contributed by atoms with Crippen molar-refractivity contribution >= 4 is 38.9 Å². The number of benzene rings is 1. The third kappa shape index (κ3) is 4.04. The number of hydrogen-bond acceptors (Lipinski definition) is 5. The van der Waals surface area contributed by atoms with Crippen LogP contribution in [0.5, 0.6) is 0 Å². The summed E-state index contributed by atoms with van der Waals surface area (Å²) in [6.45, 7) is 0.0892. The van der Waals surface area contributed by atoms with Gasteiger partial charge in [-0.1, -0.05) is 35.9 Å². The number of carbonyl (C=O) groups is 1. The summed E-state index contributed by atoms with van der Waals surface area (Å²) in [7, 11) is -3.54. The Morgan fingerprint density at radius 3 is 2.60 bits per heavy atom. The molecule has 6 nitrogen and oxygen atoms in total. The van der Waals surface area contributed by atoms with E-state index in [4.69, 9.17) is 16.8 Å². The molecule has 0 radical (unpaired) electrons. The minimum absolute atomic E-state index is 0.00792. The normalized spacial score (nSPS) is 20.3. The fourth-order valence-electron chi connectivity index (χ4n) is 2.88. The number of sulfonamides is 1. The highest BCUT2D eigenvalue weighted by atomic mass is 35.5. The second-order valence-electron chi connectivity index (χ2n) is 5.80. The van der Waals surface area contributed by atoms with E-state index in [0.29, 0.717) is 17.2 Å². The standard InChI is InChI=1S/C16H17ClN2O4S2/c17-15-8-7-14(24-15)12-5-3-11(4-6-12)10-19-13(16(20)18-21)2-1-9-25(19,22)23/h3-8,13,21H,1-2,9-10H2,(H,18,20)/t13-/m0/s1. The summed E-state index contributed by atoms with van der Waals surface area (Å²) >= 11 is 7.42. The Morgan fingerprint density at radius 1 is 1.28 bits per heavy atom. The van der Waals surface area contributed by atoms with Gasteiger partial charge >= 0.3 is 0 Å². The largest absolute Gasteiger partial charge is 0.289 e. The quantitative estimate of drug-likeness (QED) is 0.610. The molecule has 2 N–H and O–H groups in total. The Morgan fingerprint density at radius 2 is 2.00 bits per heavy atom. The van der Waals surface area contributed by atoms with Crippen molar-refractivity contribution in [1.82, 2.24) is 9.79 Å². The molecule has 0 unspecified atom stereocenters. The first kappa shape index (κ1) is 18.3. The van der Waals surface area contributed by atoms with Crippen LogP contribution in [0.3, 0.4) is 0 Å². The first-order chi connectivity index (χ1) is 11.9. The molecule has 1 aliphatic heterocycles. The molecule has 1 fully saturated rings. The second kappa shape index (κ2) is 7.43. The molecular formula is C16H17ClN2O4S2. The zero-order valence-electron chi connectivity index (χ0n) is 13.2. The lowest BCUT2D eigenvalue weighted by Crippen LogP contribution is -2.51. The molecule has 1 aliphatic rings. The number of rotatable bonds is 4. The second-order valence-corrected chi connectivity index (χ2v) is 9.55. The lowest BCUT2D eigenvalue weighted by molar-refractivity contribution is -0.133. The van der Waals surface area contributed by atoms with Gasteiger partial charge in [0.15, 0.2) is 0 Å². The number of hydrogen-bond donors (Lipinski definition) is 2. The predicted molar refractivity (Wildman–Crippen MR) is 97.0 cm³/mol. The van der Waals surface area contributed by atoms with Crippen molar-refractivity contribution in [3.8, 4) is 10.4 Å². The van der Waals surface area contributed by atoms with Gasteiger partial charge in [0.2, 0.25) is 10.0 Å². The molecular weight excluding hydrogens is 384 g/mol. The van der Waals surface area contributed by atoms with E-state index in [0.717, 1.165) is 16.0 Å². The Kier molecular flexibility index (Phi) is 5.45. The SMILES string of the molecule is O=C(NO)[C@@H]1CCCS(=O)(=O)N1Cc1ccc(-c2ccc(Cl)s2)cc1. The highest BCUT2D eigenvalue weighted by Gasteiger charge is 2.38. The highest BCUT2D eigenvalue weighted by Crippen LogP contribution is 2.31. The monoisotopic (exact) mass is 400 g/mol. The Hall–Kier alpha value is -1.45. The molecule has 1 amide bonds. The summed E-state index contributed by atoms with van der Waals surface area (Å²) in [5.74, 6) is -0.693. The summed E-state index contributed by atoms with van der Waals surface area (Å²) < 4.78 is 26.6. The van der Waals surface area contributed by atoms with Crippen molar-refractivity contribution in [3.63, 3.8) is 0 Å². The van der Waals surface area contributed by atoms with Crippen LogP contribution in [-0.4, -0.2) is 35.6 Å². The highest BCUT2D eigenvalue weighted by molar-refractivity contribution is 7.89. The van der Waals surface area contributed by atoms with E-state index in [1.807, 2.05) is 36.4 Å². The smallest absolute Gasteiger partial charge is 0.261 e. The van der Waals surface area contributed by atoms with Crippen molar-refractivity contribution in [1.29, 1.82) is 0 Å². The summed E-state index contributed by atoms with van der Waals surface area (Å²) in [6.07, 6.45) is 0.784. The molecule has 9 heteroatoms. The lowest BCUT2D eigenvalue weighted by Gasteiger charge is -2.33. The van der Waals surface area contributed by atoms with Gasteiger partial charge < -0.3 is 0 Å². The zero-order valence-corrected chi connectivity index (χ0v) is 15.6. The van der Waals surface area contributed by atoms with Crippen LogP contribution in [0.25, 0.3) is 10.4 Å². The van der Waals surface area contributed by atoms with E-state index in [9.17, 15) is 13.2 Å². The number of nitrogens with zero attached hydrogens (tertiary/aromatic N) is 1. The maximum Gasteiger partial charge on any atom is 0.261 e. The Bertz CT molecular complexity index is 865. The molecule has 3 rings (SSSR count). The van der Waals surface area contributed by atoms with Gasteiger partial charge in [-0.2, -0.15) is 4.31 Å². The van der Waals surface area contributed by atoms with Crippen LogP contribution in [-0.2, 0) is 21.4 Å². The zero-order chi connectivity index (χ0) is 18.0. The van der Waals surface area contributed by atoms with Crippen LogP contribution >= 0.6 is 22.9 Å². The number of hydroxylamine groups is 1. The van der Waals surface area contributed by atoms with Gasteiger partial charge in [-0.25, -0.2) is 13.9 Å². The molecule has 0 bridgehead atoms. The number of thiophene rings is 1. The van der Waals surface area contributed by atoms with Gasteiger partial charge in [-0.05, 0) is 36.1 Å². The van der Waals surface area contributed by atoms with Crippen LogP contribution in [0.15, 0.2) is 36.4 Å². The minimum atomic E-state index is -3.54. The molecule has 1 atom stereocenters. The third-order valence-corrected chi connectivity index (χ3v) is 7.33. The summed E-state index contributed by atoms with van der Waals surface area (Å²) in [4.78, 5) is 12.8. The van der Waals surface area contributed by atoms with Gasteiger partial charge in [-0.3, -0.25) is 10.0 Å². The van der Waals surface area contributed by atoms with Gasteiger partial charge in [0.1, 0.15) is 6.04 Å². The molecule has 1 aromatic heterocycles. The maximum absolute atomic E-state index is 12.4. The van der Waals surface area contributed by atoms with Crippen LogP contribution in [0.4, 0.5) is 0 Å². The van der Waals surface area contributed by atoms with E-state index >= 15 is 0 Å². The maximum atomic E-state index is 12.4. The van der Waals surface area contributed by atoms with Crippen molar-refractivity contribution in [2.45, 2.75) is 25.4 Å². The molecule has 2 heterocycles. The lowest BCUT2D eigenvalue weighted by atomic mass is 10.1. The van der Waals surface area contributed by atoms with E-state index < -0.39 is 22.0 Å². The molecule has 1 saturated heterocycles. The van der Waals surface area contributed by atoms with E-state index in [1.54, 1.807) is 5.48 Å². The third-order valence-electron chi connectivity index (χ3n) is 4.15. The summed E-state index contributed by atoms with van der Waals surface area (Å²) in [5, 5.41) is 8.87. The molecule has 2 aromatic rings.